The molecular formula is C43H50N8O8. The largest absolute Gasteiger partial charge is 0.453 e. The van der Waals surface area contributed by atoms with Crippen LogP contribution >= 0.6 is 0 Å². The molecule has 0 bridgehead atoms. The fraction of sp³-hybridized carbons (Fsp3) is 0.442. The highest BCUT2D eigenvalue weighted by Crippen LogP contribution is 2.48. The van der Waals surface area contributed by atoms with Crippen LogP contribution in [-0.2, 0) is 19.1 Å². The molecule has 4 N–H and O–H groups in total. The molecule has 5 heterocycles. The van der Waals surface area contributed by atoms with E-state index in [2.05, 4.69) is 20.6 Å². The highest BCUT2D eigenvalue weighted by molar-refractivity contribution is 5.91. The smallest absolute Gasteiger partial charge is 0.407 e. The van der Waals surface area contributed by atoms with E-state index < -0.39 is 24.3 Å². The normalized spacial score (nSPS) is 18.5. The SMILES string of the molecule is COC(=O)N[C@H](C(=O)N1CCC[C@H]1c1nc2ccc(-c3ccc(-c4ccc5nc([C@@H]6CCCN6C(=O)[C@@H](NC(=O)OC)C(C)C)[nH]c5c4)c4c3OCO4)cc2[nH]1)C(C)C. The van der Waals surface area contributed by atoms with Crippen LogP contribution in [0.4, 0.5) is 9.59 Å². The lowest BCUT2D eigenvalue weighted by Gasteiger charge is -2.29. The maximum atomic E-state index is 13.7. The third-order valence-electron chi connectivity index (χ3n) is 11.6. The van der Waals surface area contributed by atoms with Gasteiger partial charge in [-0.1, -0.05) is 39.8 Å². The number of fused-ring (bicyclic) bond motifs is 3. The van der Waals surface area contributed by atoms with E-state index in [-0.39, 0.29) is 42.5 Å². The van der Waals surface area contributed by atoms with Crippen LogP contribution < -0.4 is 20.1 Å². The number of amides is 4. The first-order valence-corrected chi connectivity index (χ1v) is 20.2. The second-order valence-corrected chi connectivity index (χ2v) is 16.0. The van der Waals surface area contributed by atoms with Crippen molar-refractivity contribution in [1.82, 2.24) is 40.4 Å². The highest BCUT2D eigenvalue weighted by Gasteiger charge is 2.39. The number of likely N-dealkylation sites (tertiary alicyclic amines) is 2. The predicted octanol–water partition coefficient (Wildman–Crippen LogP) is 6.59. The molecule has 0 saturated carbocycles. The molecule has 16 heteroatoms. The monoisotopic (exact) mass is 806 g/mol. The number of nitrogens with one attached hydrogen (secondary N) is 4. The minimum atomic E-state index is -0.716. The molecule has 16 nitrogen and oxygen atoms in total. The number of carbonyl (C=O) groups excluding carboxylic acids is 4. The van der Waals surface area contributed by atoms with E-state index in [1.54, 1.807) is 9.80 Å². The van der Waals surface area contributed by atoms with Gasteiger partial charge in [-0.3, -0.25) is 9.59 Å². The molecule has 3 aromatic carbocycles. The van der Waals surface area contributed by atoms with Crippen molar-refractivity contribution in [1.29, 1.82) is 0 Å². The van der Waals surface area contributed by atoms with Crippen molar-refractivity contribution in [2.45, 2.75) is 77.5 Å². The fourth-order valence-electron chi connectivity index (χ4n) is 8.55. The van der Waals surface area contributed by atoms with Gasteiger partial charge in [0.1, 0.15) is 23.7 Å². The van der Waals surface area contributed by atoms with Gasteiger partial charge in [0.2, 0.25) is 18.6 Å². The van der Waals surface area contributed by atoms with Crippen molar-refractivity contribution in [3.63, 3.8) is 0 Å². The molecule has 310 valence electrons. The number of aromatic nitrogens is 4. The average molecular weight is 807 g/mol. The summed E-state index contributed by atoms with van der Waals surface area (Å²) < 4.78 is 21.8. The van der Waals surface area contributed by atoms with Crippen LogP contribution in [0.5, 0.6) is 11.5 Å². The Morgan fingerprint density at radius 3 is 1.49 bits per heavy atom. The number of methoxy groups -OCH3 is 2. The molecule has 3 aliphatic rings. The van der Waals surface area contributed by atoms with Crippen molar-refractivity contribution in [3.05, 3.63) is 60.2 Å². The average Bonchev–Trinajstić information content (AvgIpc) is 4.08. The molecule has 0 spiro atoms. The van der Waals surface area contributed by atoms with E-state index in [9.17, 15) is 19.2 Å². The summed E-state index contributed by atoms with van der Waals surface area (Å²) in [5, 5.41) is 5.41. The molecule has 0 radical (unpaired) electrons. The topological polar surface area (TPSA) is 193 Å². The van der Waals surface area contributed by atoms with Crippen LogP contribution in [0.2, 0.25) is 0 Å². The molecule has 4 atom stereocenters. The number of hydrogen-bond acceptors (Lipinski definition) is 10. The Morgan fingerprint density at radius 2 is 1.10 bits per heavy atom. The molecule has 0 aliphatic carbocycles. The number of carbonyl (C=O) groups is 4. The number of H-pyrrole nitrogens is 2. The number of imidazole rings is 2. The number of hydrogen-bond donors (Lipinski definition) is 4. The van der Waals surface area contributed by atoms with Crippen LogP contribution in [0, 0.1) is 11.8 Å². The van der Waals surface area contributed by atoms with Gasteiger partial charge < -0.3 is 49.3 Å². The third-order valence-corrected chi connectivity index (χ3v) is 11.6. The maximum absolute atomic E-state index is 13.7. The molecular weight excluding hydrogens is 757 g/mol. The van der Waals surface area contributed by atoms with Crippen LogP contribution in [0.3, 0.4) is 0 Å². The molecule has 2 fully saturated rings. The van der Waals surface area contributed by atoms with Crippen LogP contribution in [0.15, 0.2) is 48.5 Å². The summed E-state index contributed by atoms with van der Waals surface area (Å²) in [6, 6.07) is 14.1. The van der Waals surface area contributed by atoms with Crippen LogP contribution in [0.1, 0.15) is 77.1 Å². The van der Waals surface area contributed by atoms with Gasteiger partial charge in [-0.15, -0.1) is 0 Å². The van der Waals surface area contributed by atoms with E-state index in [4.69, 9.17) is 28.9 Å². The number of nitrogens with zero attached hydrogens (tertiary/aromatic N) is 4. The molecule has 8 rings (SSSR count). The Labute approximate surface area is 341 Å². The lowest BCUT2D eigenvalue weighted by Crippen LogP contribution is -2.51. The van der Waals surface area contributed by atoms with Crippen molar-refractivity contribution in [2.75, 3.05) is 34.1 Å². The zero-order valence-corrected chi connectivity index (χ0v) is 34.1. The third kappa shape index (κ3) is 7.47. The number of benzene rings is 3. The van der Waals surface area contributed by atoms with E-state index in [0.29, 0.717) is 36.2 Å². The zero-order valence-electron chi connectivity index (χ0n) is 34.1. The molecule has 5 aromatic rings. The van der Waals surface area contributed by atoms with Gasteiger partial charge >= 0.3 is 12.2 Å². The predicted molar refractivity (Wildman–Crippen MR) is 218 cm³/mol. The zero-order chi connectivity index (χ0) is 41.5. The lowest BCUT2D eigenvalue weighted by atomic mass is 9.97. The fourth-order valence-corrected chi connectivity index (χ4v) is 8.55. The van der Waals surface area contributed by atoms with Crippen LogP contribution in [0.25, 0.3) is 44.3 Å². The molecule has 0 unspecified atom stereocenters. The first-order chi connectivity index (χ1) is 28.4. The van der Waals surface area contributed by atoms with Crippen molar-refractivity contribution >= 4 is 46.1 Å². The summed E-state index contributed by atoms with van der Waals surface area (Å²) in [5.41, 5.74) is 6.74. The summed E-state index contributed by atoms with van der Waals surface area (Å²) in [4.78, 5) is 71.8. The molecule has 2 aromatic heterocycles. The van der Waals surface area contributed by atoms with Crippen molar-refractivity contribution in [2.24, 2.45) is 11.8 Å². The van der Waals surface area contributed by atoms with E-state index in [1.807, 2.05) is 76.2 Å². The van der Waals surface area contributed by atoms with E-state index in [0.717, 1.165) is 70.0 Å². The minimum absolute atomic E-state index is 0.0771. The number of aromatic amines is 2. The first kappa shape index (κ1) is 39.5. The van der Waals surface area contributed by atoms with Crippen molar-refractivity contribution in [3.8, 4) is 33.8 Å². The molecule has 4 amide bonds. The Bertz CT molecular complexity index is 2260. The number of rotatable bonds is 10. The maximum Gasteiger partial charge on any atom is 0.407 e. The van der Waals surface area contributed by atoms with Gasteiger partial charge in [-0.25, -0.2) is 19.6 Å². The Kier molecular flexibility index (Phi) is 10.8. The summed E-state index contributed by atoms with van der Waals surface area (Å²) in [6.45, 7) is 8.79. The number of ether oxygens (including phenoxy) is 4. The molecule has 59 heavy (non-hydrogen) atoms. The van der Waals surface area contributed by atoms with Gasteiger partial charge in [-0.05, 0) is 85.0 Å². The van der Waals surface area contributed by atoms with E-state index >= 15 is 0 Å². The van der Waals surface area contributed by atoms with Crippen molar-refractivity contribution < 1.29 is 38.1 Å². The van der Waals surface area contributed by atoms with Gasteiger partial charge in [-0.2, -0.15) is 0 Å². The van der Waals surface area contributed by atoms with Gasteiger partial charge in [0.15, 0.2) is 11.5 Å². The Balaban J connectivity index is 1.04. The lowest BCUT2D eigenvalue weighted by molar-refractivity contribution is -0.136. The summed E-state index contributed by atoms with van der Waals surface area (Å²) in [5.74, 6) is 2.09. The van der Waals surface area contributed by atoms with Crippen LogP contribution in [-0.4, -0.2) is 99.9 Å². The summed E-state index contributed by atoms with van der Waals surface area (Å²) in [7, 11) is 2.57. The Hall–Kier alpha value is -6.32. The van der Waals surface area contributed by atoms with Gasteiger partial charge in [0, 0.05) is 24.2 Å². The number of alkyl carbamates (subject to hydrolysis) is 2. The summed E-state index contributed by atoms with van der Waals surface area (Å²) >= 11 is 0. The first-order valence-electron chi connectivity index (χ1n) is 20.2. The second kappa shape index (κ2) is 16.1. The van der Waals surface area contributed by atoms with Gasteiger partial charge in [0.05, 0.1) is 48.4 Å². The standard InChI is InChI=1S/C43H50N8O8/c1-22(2)34(48-42(54)56-5)40(52)50-17-7-9-32(50)38-44-28-15-11-24(19-30(28)46-38)26-13-14-27(37-36(26)58-21-59-37)25-12-16-29-31(20-25)47-39(45-29)33-10-8-18-51(33)41(53)35(23(3)4)49-43(55)57-6/h11-16,19-20,22-23,32-35H,7-10,17-18,21H2,1-6H3,(H,44,46)(H,45,47)(H,48,54)(H,49,55)/t32-,33-,34-,35-/m0/s1. The molecule has 2 saturated heterocycles. The Morgan fingerprint density at radius 1 is 0.678 bits per heavy atom. The minimum Gasteiger partial charge on any atom is -0.453 e. The van der Waals surface area contributed by atoms with E-state index in [1.165, 1.54) is 14.2 Å². The highest BCUT2D eigenvalue weighted by atomic mass is 16.7. The quantitative estimate of drug-likeness (QED) is 0.120. The summed E-state index contributed by atoms with van der Waals surface area (Å²) in [6.07, 6.45) is 1.87. The second-order valence-electron chi connectivity index (χ2n) is 16.0. The van der Waals surface area contributed by atoms with Gasteiger partial charge in [0.25, 0.3) is 0 Å². The molecule has 3 aliphatic heterocycles.